The zero-order chi connectivity index (χ0) is 16.7. The number of hydrogen-bond acceptors (Lipinski definition) is 3. The zero-order valence-electron chi connectivity index (χ0n) is 14.1. The fourth-order valence-electron chi connectivity index (χ4n) is 2.80. The number of rotatable bonds is 2. The Balaban J connectivity index is 0.000000561. The van der Waals surface area contributed by atoms with Crippen LogP contribution in [0.4, 0.5) is 0 Å². The first-order valence-electron chi connectivity index (χ1n) is 7.92. The number of pyridine rings is 1. The van der Waals surface area contributed by atoms with Gasteiger partial charge in [0.1, 0.15) is 4.83 Å². The average Bonchev–Trinajstić information content (AvgIpc) is 2.97. The number of aldehydes is 1. The molecule has 0 radical (unpaired) electrons. The van der Waals surface area contributed by atoms with E-state index in [0.717, 1.165) is 46.1 Å². The summed E-state index contributed by atoms with van der Waals surface area (Å²) >= 11 is 6.14. The van der Waals surface area contributed by atoms with Gasteiger partial charge in [0.15, 0.2) is 6.29 Å². The predicted octanol–water partition coefficient (Wildman–Crippen LogP) is 5.75. The van der Waals surface area contributed by atoms with Crippen molar-refractivity contribution in [2.24, 2.45) is 11.8 Å². The summed E-state index contributed by atoms with van der Waals surface area (Å²) in [5.74, 6) is 1.52. The van der Waals surface area contributed by atoms with E-state index in [1.165, 1.54) is 35.4 Å². The van der Waals surface area contributed by atoms with Gasteiger partial charge < -0.3 is 0 Å². The standard InChI is InChI=1S/C15H17NOS.C2H6.CH3Cl/c1-9(2)10-3-4-14-11(5-10)6-12-7-13(8-17)18-15(12)16-14;2*1-2/h6-10H,3-5H2,1-2H3;1-2H3;1H3. The molecule has 1 aliphatic carbocycles. The van der Waals surface area contributed by atoms with Crippen molar-refractivity contribution in [1.29, 1.82) is 0 Å². The van der Waals surface area contributed by atoms with Gasteiger partial charge in [-0.25, -0.2) is 4.98 Å². The molecule has 1 atom stereocenters. The normalized spacial score (nSPS) is 16.2. The van der Waals surface area contributed by atoms with Crippen LogP contribution in [0.2, 0.25) is 0 Å². The Morgan fingerprint density at radius 2 is 2.00 bits per heavy atom. The summed E-state index contributed by atoms with van der Waals surface area (Å²) in [6.07, 6.45) is 5.86. The van der Waals surface area contributed by atoms with E-state index in [9.17, 15) is 4.79 Å². The first-order valence-corrected chi connectivity index (χ1v) is 9.50. The van der Waals surface area contributed by atoms with Gasteiger partial charge >= 0.3 is 0 Å². The molecule has 0 aliphatic heterocycles. The Bertz CT molecular complexity index is 606. The molecule has 0 amide bonds. The highest BCUT2D eigenvalue weighted by molar-refractivity contribution is 7.20. The first-order chi connectivity index (χ1) is 10.7. The lowest BCUT2D eigenvalue weighted by Crippen LogP contribution is -2.19. The highest BCUT2D eigenvalue weighted by Gasteiger charge is 2.22. The van der Waals surface area contributed by atoms with Gasteiger partial charge in [0.2, 0.25) is 0 Å². The maximum atomic E-state index is 10.8. The lowest BCUT2D eigenvalue weighted by atomic mass is 9.80. The van der Waals surface area contributed by atoms with Crippen LogP contribution in [0.15, 0.2) is 12.1 Å². The van der Waals surface area contributed by atoms with E-state index in [1.807, 2.05) is 19.9 Å². The third kappa shape index (κ3) is 4.30. The lowest BCUT2D eigenvalue weighted by Gasteiger charge is -2.26. The average molecular weight is 340 g/mol. The van der Waals surface area contributed by atoms with Crippen LogP contribution in [0.3, 0.4) is 0 Å². The van der Waals surface area contributed by atoms with Gasteiger partial charge in [-0.1, -0.05) is 27.7 Å². The summed E-state index contributed by atoms with van der Waals surface area (Å²) in [6.45, 7) is 8.60. The maximum absolute atomic E-state index is 10.8. The monoisotopic (exact) mass is 339 g/mol. The lowest BCUT2D eigenvalue weighted by molar-refractivity contribution is 0.112. The molecule has 4 heteroatoms. The molecule has 1 unspecified atom stereocenters. The van der Waals surface area contributed by atoms with Crippen molar-refractivity contribution in [1.82, 2.24) is 4.98 Å². The van der Waals surface area contributed by atoms with Crippen molar-refractivity contribution < 1.29 is 4.79 Å². The Morgan fingerprint density at radius 3 is 2.59 bits per heavy atom. The van der Waals surface area contributed by atoms with Crippen LogP contribution in [0.5, 0.6) is 0 Å². The van der Waals surface area contributed by atoms with Crippen molar-refractivity contribution in [3.8, 4) is 0 Å². The van der Waals surface area contributed by atoms with Crippen molar-refractivity contribution in [3.05, 3.63) is 28.3 Å². The van der Waals surface area contributed by atoms with Crippen LogP contribution < -0.4 is 0 Å². The van der Waals surface area contributed by atoms with Gasteiger partial charge in [0.25, 0.3) is 0 Å². The molecule has 3 rings (SSSR count). The third-order valence-corrected chi connectivity index (χ3v) is 4.96. The molecule has 0 saturated carbocycles. The first kappa shape index (κ1) is 19.1. The summed E-state index contributed by atoms with van der Waals surface area (Å²) in [5.41, 5.74) is 2.64. The molecular weight excluding hydrogens is 314 g/mol. The van der Waals surface area contributed by atoms with Crippen molar-refractivity contribution >= 4 is 39.4 Å². The molecule has 22 heavy (non-hydrogen) atoms. The predicted molar refractivity (Wildman–Crippen MR) is 98.5 cm³/mol. The molecule has 2 nitrogen and oxygen atoms in total. The Kier molecular flexibility index (Phi) is 8.05. The molecule has 0 spiro atoms. The summed E-state index contributed by atoms with van der Waals surface area (Å²) in [6, 6.07) is 4.20. The summed E-state index contributed by atoms with van der Waals surface area (Å²) < 4.78 is 0. The largest absolute Gasteiger partial charge is 0.297 e. The van der Waals surface area contributed by atoms with Gasteiger partial charge in [-0.05, 0) is 48.8 Å². The van der Waals surface area contributed by atoms with Crippen molar-refractivity contribution in [2.45, 2.75) is 47.0 Å². The number of fused-ring (bicyclic) bond motifs is 2. The third-order valence-electron chi connectivity index (χ3n) is 3.99. The molecule has 1 aliphatic rings. The number of carbonyl (C=O) groups excluding carboxylic acids is 1. The molecule has 0 bridgehead atoms. The van der Waals surface area contributed by atoms with E-state index in [0.29, 0.717) is 0 Å². The smallest absolute Gasteiger partial charge is 0.160 e. The Hall–Kier alpha value is -0.930. The SMILES string of the molecule is CC.CC(C)C1CCc2nc3sc(C=O)cc3cc2C1.CCl. The number of aromatic nitrogens is 1. The van der Waals surface area contributed by atoms with Crippen molar-refractivity contribution in [3.63, 3.8) is 0 Å². The summed E-state index contributed by atoms with van der Waals surface area (Å²) in [7, 11) is 0. The fraction of sp³-hybridized carbons (Fsp3) is 0.556. The molecule has 2 heterocycles. The number of carbonyl (C=O) groups is 1. The second-order valence-electron chi connectivity index (χ2n) is 5.50. The van der Waals surface area contributed by atoms with E-state index < -0.39 is 0 Å². The highest BCUT2D eigenvalue weighted by atomic mass is 35.5. The highest BCUT2D eigenvalue weighted by Crippen LogP contribution is 2.33. The maximum Gasteiger partial charge on any atom is 0.160 e. The molecule has 0 N–H and O–H groups in total. The van der Waals surface area contributed by atoms with Crippen LogP contribution in [0, 0.1) is 11.8 Å². The molecule has 2 aromatic heterocycles. The number of aryl methyl sites for hydroxylation is 1. The van der Waals surface area contributed by atoms with E-state index in [4.69, 9.17) is 4.98 Å². The Labute approximate surface area is 142 Å². The Morgan fingerprint density at radius 1 is 1.32 bits per heavy atom. The van der Waals surface area contributed by atoms with Gasteiger partial charge in [-0.2, -0.15) is 0 Å². The minimum atomic E-state index is 0.738. The van der Waals surface area contributed by atoms with Crippen molar-refractivity contribution in [2.75, 3.05) is 6.38 Å². The van der Waals surface area contributed by atoms with E-state index in [1.54, 1.807) is 0 Å². The molecule has 0 fully saturated rings. The second kappa shape index (κ2) is 9.26. The minimum absolute atomic E-state index is 0.738. The van der Waals surface area contributed by atoms with Gasteiger partial charge in [0, 0.05) is 17.5 Å². The van der Waals surface area contributed by atoms with E-state index >= 15 is 0 Å². The van der Waals surface area contributed by atoms with E-state index in [2.05, 4.69) is 31.5 Å². The molecular formula is C18H26ClNOS. The fourth-order valence-corrected chi connectivity index (χ4v) is 3.65. The molecule has 2 aromatic rings. The molecule has 122 valence electrons. The second-order valence-corrected chi connectivity index (χ2v) is 6.56. The van der Waals surface area contributed by atoms with E-state index in [-0.39, 0.29) is 0 Å². The van der Waals surface area contributed by atoms with Crippen LogP contribution in [-0.4, -0.2) is 17.7 Å². The van der Waals surface area contributed by atoms with Crippen LogP contribution in [-0.2, 0) is 12.8 Å². The minimum Gasteiger partial charge on any atom is -0.297 e. The number of thiophene rings is 1. The number of nitrogens with zero attached hydrogens (tertiary/aromatic N) is 1. The van der Waals surface area contributed by atoms with Gasteiger partial charge in [-0.15, -0.1) is 22.9 Å². The summed E-state index contributed by atoms with van der Waals surface area (Å²) in [5, 5.41) is 1.13. The number of halogens is 1. The van der Waals surface area contributed by atoms with Gasteiger partial charge in [-0.3, -0.25) is 4.79 Å². The van der Waals surface area contributed by atoms with Crippen LogP contribution >= 0.6 is 22.9 Å². The van der Waals surface area contributed by atoms with Crippen LogP contribution in [0.1, 0.15) is 55.0 Å². The quantitative estimate of drug-likeness (QED) is 0.515. The number of hydrogen-bond donors (Lipinski definition) is 0. The summed E-state index contributed by atoms with van der Waals surface area (Å²) in [4.78, 5) is 17.4. The topological polar surface area (TPSA) is 30.0 Å². The number of alkyl halides is 1. The molecule has 0 saturated heterocycles. The van der Waals surface area contributed by atoms with Gasteiger partial charge in [0.05, 0.1) is 4.88 Å². The van der Waals surface area contributed by atoms with Crippen LogP contribution in [0.25, 0.3) is 10.2 Å². The zero-order valence-corrected chi connectivity index (χ0v) is 15.7. The molecule has 0 aromatic carbocycles.